The Morgan fingerprint density at radius 2 is 1.61 bits per heavy atom. The van der Waals surface area contributed by atoms with Gasteiger partial charge in [0.2, 0.25) is 5.91 Å². The number of amides is 2. The lowest BCUT2D eigenvalue weighted by Gasteiger charge is -2.32. The highest BCUT2D eigenvalue weighted by Crippen LogP contribution is 2.39. The van der Waals surface area contributed by atoms with Gasteiger partial charge in [-0.25, -0.2) is 0 Å². The van der Waals surface area contributed by atoms with Crippen molar-refractivity contribution in [3.63, 3.8) is 0 Å². The first kappa shape index (κ1) is 26.3. The van der Waals surface area contributed by atoms with Crippen LogP contribution < -0.4 is 15.5 Å². The van der Waals surface area contributed by atoms with E-state index in [0.29, 0.717) is 33.5 Å². The van der Waals surface area contributed by atoms with Gasteiger partial charge in [-0.1, -0.05) is 41.4 Å². The fourth-order valence-corrected chi connectivity index (χ4v) is 4.95. The van der Waals surface area contributed by atoms with Gasteiger partial charge >= 0.3 is 0 Å². The van der Waals surface area contributed by atoms with Crippen LogP contribution in [0.15, 0.2) is 66.7 Å². The van der Waals surface area contributed by atoms with Crippen LogP contribution in [0.3, 0.4) is 0 Å². The second-order valence-electron chi connectivity index (χ2n) is 9.60. The molecule has 2 aliphatic rings. The van der Waals surface area contributed by atoms with E-state index in [1.165, 1.54) is 0 Å². The summed E-state index contributed by atoms with van der Waals surface area (Å²) in [7, 11) is 3.90. The fourth-order valence-electron chi connectivity index (χ4n) is 4.65. The van der Waals surface area contributed by atoms with E-state index in [9.17, 15) is 9.59 Å². The summed E-state index contributed by atoms with van der Waals surface area (Å²) in [4.78, 5) is 32.1. The number of anilines is 3. The number of nitrogens with one attached hydrogen (secondary N) is 2. The predicted molar refractivity (Wildman–Crippen MR) is 156 cm³/mol. The van der Waals surface area contributed by atoms with Crippen molar-refractivity contribution in [3.05, 3.63) is 87.9 Å². The highest BCUT2D eigenvalue weighted by atomic mass is 35.5. The third-order valence-corrected chi connectivity index (χ3v) is 7.45. The van der Waals surface area contributed by atoms with E-state index >= 15 is 0 Å². The van der Waals surface area contributed by atoms with Crippen LogP contribution in [0.2, 0.25) is 10.0 Å². The average Bonchev–Trinajstić information content (AvgIpc) is 3.23. The normalized spacial score (nSPS) is 17.1. The molecule has 0 radical (unpaired) electrons. The third kappa shape index (κ3) is 5.71. The first-order valence-electron chi connectivity index (χ1n) is 12.4. The van der Waals surface area contributed by atoms with Crippen LogP contribution in [-0.2, 0) is 9.59 Å². The van der Waals surface area contributed by atoms with Gasteiger partial charge < -0.3 is 20.4 Å². The lowest BCUT2D eigenvalue weighted by molar-refractivity contribution is -0.119. The molecule has 5 rings (SSSR count). The molecule has 2 N–H and O–H groups in total. The monoisotopic (exact) mass is 549 g/mol. The highest BCUT2D eigenvalue weighted by molar-refractivity contribution is 6.38. The predicted octanol–water partition coefficient (Wildman–Crippen LogP) is 5.14. The van der Waals surface area contributed by atoms with E-state index in [1.807, 2.05) is 42.5 Å². The zero-order valence-electron chi connectivity index (χ0n) is 21.3. The van der Waals surface area contributed by atoms with Crippen LogP contribution in [0.1, 0.15) is 11.1 Å². The molecule has 0 saturated carbocycles. The van der Waals surface area contributed by atoms with Crippen molar-refractivity contribution in [2.24, 2.45) is 0 Å². The van der Waals surface area contributed by atoms with E-state index in [0.717, 1.165) is 48.7 Å². The number of benzene rings is 3. The van der Waals surface area contributed by atoms with Crippen LogP contribution in [0, 0.1) is 0 Å². The van der Waals surface area contributed by atoms with Crippen molar-refractivity contribution in [1.82, 2.24) is 9.80 Å². The topological polar surface area (TPSA) is 67.9 Å². The summed E-state index contributed by atoms with van der Waals surface area (Å²) in [6, 6.07) is 20.3. The number of nitrogens with zero attached hydrogens (tertiary/aromatic N) is 3. The first-order valence-corrected chi connectivity index (χ1v) is 13.2. The molecule has 1 fully saturated rings. The molecule has 7 nitrogen and oxygen atoms in total. The molecule has 1 saturated heterocycles. The van der Waals surface area contributed by atoms with Gasteiger partial charge in [0.1, 0.15) is 0 Å². The SMILES string of the molecule is CN1CCN(CC(=O)N(C)c2ccc(N/C(=C3\C(=O)Nc4cc(Cl)ccc43)c3ccc(Cl)cc3)cc2)CC1. The van der Waals surface area contributed by atoms with Gasteiger partial charge in [0.15, 0.2) is 0 Å². The standard InChI is InChI=1S/C29H29Cl2N5O2/c1-34-13-15-36(16-14-34)18-26(37)35(2)23-10-8-22(9-11-23)32-28(19-3-5-20(30)6-4-19)27-24-12-7-21(31)17-25(24)33-29(27)38/h3-12,17,32H,13-16,18H2,1-2H3,(H,33,38)/b28-27-. The summed E-state index contributed by atoms with van der Waals surface area (Å²) in [6.45, 7) is 4.13. The summed E-state index contributed by atoms with van der Waals surface area (Å²) >= 11 is 12.3. The maximum atomic E-state index is 13.1. The van der Waals surface area contributed by atoms with Gasteiger partial charge in [0.05, 0.1) is 23.5 Å². The summed E-state index contributed by atoms with van der Waals surface area (Å²) in [5, 5.41) is 7.50. The van der Waals surface area contributed by atoms with Gasteiger partial charge in [0, 0.05) is 60.2 Å². The molecule has 0 unspecified atom stereocenters. The minimum Gasteiger partial charge on any atom is -0.354 e. The van der Waals surface area contributed by atoms with Gasteiger partial charge in [-0.2, -0.15) is 0 Å². The molecule has 2 heterocycles. The number of carbonyl (C=O) groups excluding carboxylic acids is 2. The van der Waals surface area contributed by atoms with Gasteiger partial charge in [-0.3, -0.25) is 14.5 Å². The van der Waals surface area contributed by atoms with Gasteiger partial charge in [-0.05, 0) is 61.1 Å². The Morgan fingerprint density at radius 1 is 0.947 bits per heavy atom. The van der Waals surface area contributed by atoms with Crippen molar-refractivity contribution < 1.29 is 9.59 Å². The van der Waals surface area contributed by atoms with Crippen LogP contribution in [-0.4, -0.2) is 68.4 Å². The lowest BCUT2D eigenvalue weighted by atomic mass is 10.00. The Labute approximate surface area is 232 Å². The summed E-state index contributed by atoms with van der Waals surface area (Å²) in [6.07, 6.45) is 0. The Kier molecular flexibility index (Phi) is 7.72. The molecule has 3 aromatic rings. The summed E-state index contributed by atoms with van der Waals surface area (Å²) in [5.41, 5.74) is 4.99. The van der Waals surface area contributed by atoms with Crippen molar-refractivity contribution in [3.8, 4) is 0 Å². The zero-order valence-corrected chi connectivity index (χ0v) is 22.8. The van der Waals surface area contributed by atoms with E-state index in [1.54, 1.807) is 36.2 Å². The number of piperazine rings is 1. The van der Waals surface area contributed by atoms with E-state index in [-0.39, 0.29) is 11.8 Å². The average molecular weight is 550 g/mol. The summed E-state index contributed by atoms with van der Waals surface area (Å²) < 4.78 is 0. The van der Waals surface area contributed by atoms with Crippen LogP contribution >= 0.6 is 23.2 Å². The molecule has 2 aliphatic heterocycles. The maximum Gasteiger partial charge on any atom is 0.258 e. The molecule has 38 heavy (non-hydrogen) atoms. The molecular weight excluding hydrogens is 521 g/mol. The van der Waals surface area contributed by atoms with Crippen LogP contribution in [0.25, 0.3) is 11.3 Å². The Bertz CT molecular complexity index is 1380. The molecule has 0 aromatic heterocycles. The smallest absolute Gasteiger partial charge is 0.258 e. The minimum absolute atomic E-state index is 0.0529. The van der Waals surface area contributed by atoms with E-state index < -0.39 is 0 Å². The number of likely N-dealkylation sites (N-methyl/N-ethyl adjacent to an activating group) is 2. The maximum absolute atomic E-state index is 13.1. The molecule has 9 heteroatoms. The zero-order chi connectivity index (χ0) is 26.8. The largest absolute Gasteiger partial charge is 0.354 e. The highest BCUT2D eigenvalue weighted by Gasteiger charge is 2.29. The van der Waals surface area contributed by atoms with Gasteiger partial charge in [0.25, 0.3) is 5.91 Å². The third-order valence-electron chi connectivity index (χ3n) is 6.96. The van der Waals surface area contributed by atoms with Crippen molar-refractivity contribution in [2.45, 2.75) is 0 Å². The number of carbonyl (C=O) groups is 2. The van der Waals surface area contributed by atoms with Crippen molar-refractivity contribution in [1.29, 1.82) is 0 Å². The van der Waals surface area contributed by atoms with Crippen LogP contribution in [0.4, 0.5) is 17.1 Å². The number of hydrogen-bond acceptors (Lipinski definition) is 5. The Hall–Kier alpha value is -3.36. The Morgan fingerprint density at radius 3 is 2.29 bits per heavy atom. The number of rotatable bonds is 6. The molecule has 0 atom stereocenters. The number of hydrogen-bond donors (Lipinski definition) is 2. The molecule has 0 aliphatic carbocycles. The lowest BCUT2D eigenvalue weighted by Crippen LogP contribution is -2.48. The molecule has 196 valence electrons. The quantitative estimate of drug-likeness (QED) is 0.417. The minimum atomic E-state index is -0.217. The number of fused-ring (bicyclic) bond motifs is 1. The molecule has 3 aromatic carbocycles. The van der Waals surface area contributed by atoms with E-state index in [4.69, 9.17) is 23.2 Å². The second kappa shape index (κ2) is 11.2. The van der Waals surface area contributed by atoms with Crippen LogP contribution in [0.5, 0.6) is 0 Å². The molecular formula is C29H29Cl2N5O2. The second-order valence-corrected chi connectivity index (χ2v) is 10.5. The summed E-state index contributed by atoms with van der Waals surface area (Å²) in [5.74, 6) is -0.164. The number of halogens is 2. The molecule has 2 amide bonds. The van der Waals surface area contributed by atoms with Gasteiger partial charge in [-0.15, -0.1) is 0 Å². The van der Waals surface area contributed by atoms with E-state index in [2.05, 4.69) is 27.5 Å². The Balaban J connectivity index is 1.39. The first-order chi connectivity index (χ1) is 18.3. The molecule has 0 bridgehead atoms. The fraction of sp³-hybridized carbons (Fsp3) is 0.241. The van der Waals surface area contributed by atoms with Crippen molar-refractivity contribution >= 4 is 63.3 Å². The van der Waals surface area contributed by atoms with Crippen molar-refractivity contribution in [2.75, 3.05) is 62.4 Å². The molecule has 0 spiro atoms.